The summed E-state index contributed by atoms with van der Waals surface area (Å²) in [5.41, 5.74) is -0.847. The molecule has 1 aliphatic heterocycles. The maximum atomic E-state index is 12.9. The molecule has 8 nitrogen and oxygen atoms in total. The molecule has 1 aromatic rings. The van der Waals surface area contributed by atoms with E-state index >= 15 is 0 Å². The highest BCUT2D eigenvalue weighted by molar-refractivity contribution is 6.08. The van der Waals surface area contributed by atoms with E-state index < -0.39 is 17.5 Å². The van der Waals surface area contributed by atoms with Crippen LogP contribution in [0.4, 0.5) is 4.79 Å². The summed E-state index contributed by atoms with van der Waals surface area (Å²) in [5.74, 6) is -0.752. The monoisotopic (exact) mass is 374 g/mol. The van der Waals surface area contributed by atoms with Crippen LogP contribution in [0.15, 0.2) is 18.5 Å². The van der Waals surface area contributed by atoms with Gasteiger partial charge in [0.15, 0.2) is 0 Å². The number of carbonyl (C=O) groups excluding carboxylic acids is 3. The number of urea groups is 1. The maximum Gasteiger partial charge on any atom is 0.326 e. The van der Waals surface area contributed by atoms with Crippen LogP contribution < -0.4 is 5.32 Å². The Balaban J connectivity index is 1.41. The van der Waals surface area contributed by atoms with E-state index in [1.54, 1.807) is 6.20 Å². The number of rotatable bonds is 4. The number of nitrogens with zero attached hydrogens (tertiary/aromatic N) is 3. The van der Waals surface area contributed by atoms with E-state index in [0.717, 1.165) is 43.4 Å². The number of nitrogens with one attached hydrogen (secondary N) is 1. The zero-order valence-electron chi connectivity index (χ0n) is 15.6. The van der Waals surface area contributed by atoms with Gasteiger partial charge in [-0.1, -0.05) is 19.8 Å². The molecule has 1 saturated heterocycles. The fraction of sp³-hybridized carbons (Fsp3) is 0.684. The fourth-order valence-corrected chi connectivity index (χ4v) is 4.80. The van der Waals surface area contributed by atoms with E-state index in [2.05, 4.69) is 10.4 Å². The normalized spacial score (nSPS) is 33.5. The molecule has 0 bridgehead atoms. The molecular formula is C19H26N4O4. The van der Waals surface area contributed by atoms with E-state index in [9.17, 15) is 14.4 Å². The zero-order valence-corrected chi connectivity index (χ0v) is 15.6. The van der Waals surface area contributed by atoms with Crippen molar-refractivity contribution in [3.8, 4) is 0 Å². The topological polar surface area (TPSA) is 93.5 Å². The average molecular weight is 374 g/mol. The summed E-state index contributed by atoms with van der Waals surface area (Å²) in [6, 6.07) is 1.37. The SMILES string of the molecule is C[C@@H]1CCCC[C@@]12NC(=O)N(CC(=O)O[C@@H]1CCC[C@H]1n1cccn1)C2=O. The van der Waals surface area contributed by atoms with Crippen LogP contribution in [0.3, 0.4) is 0 Å². The molecule has 3 amide bonds. The summed E-state index contributed by atoms with van der Waals surface area (Å²) in [6.45, 7) is 1.66. The highest BCUT2D eigenvalue weighted by Gasteiger charge is 2.55. The van der Waals surface area contributed by atoms with Crippen molar-refractivity contribution in [1.82, 2.24) is 20.0 Å². The summed E-state index contributed by atoms with van der Waals surface area (Å²) in [6.07, 6.45) is 9.39. The first-order chi connectivity index (χ1) is 13.0. The van der Waals surface area contributed by atoms with Crippen molar-refractivity contribution in [2.75, 3.05) is 6.54 Å². The van der Waals surface area contributed by atoms with Gasteiger partial charge in [-0.15, -0.1) is 0 Å². The Kier molecular flexibility index (Phi) is 4.65. The van der Waals surface area contributed by atoms with E-state index in [0.29, 0.717) is 6.42 Å². The van der Waals surface area contributed by atoms with Crippen LogP contribution in [0.25, 0.3) is 0 Å². The minimum atomic E-state index is -0.847. The Morgan fingerprint density at radius 1 is 1.30 bits per heavy atom. The number of hydrogen-bond donors (Lipinski definition) is 1. The summed E-state index contributed by atoms with van der Waals surface area (Å²) in [7, 11) is 0. The molecule has 27 heavy (non-hydrogen) atoms. The molecule has 0 radical (unpaired) electrons. The number of imide groups is 1. The van der Waals surface area contributed by atoms with Crippen LogP contribution >= 0.6 is 0 Å². The maximum absolute atomic E-state index is 12.9. The number of hydrogen-bond acceptors (Lipinski definition) is 5. The minimum Gasteiger partial charge on any atom is -0.459 e. The third-order valence-electron chi connectivity index (χ3n) is 6.35. The lowest BCUT2D eigenvalue weighted by Crippen LogP contribution is -2.54. The summed E-state index contributed by atoms with van der Waals surface area (Å²) in [4.78, 5) is 38.9. The second-order valence-electron chi connectivity index (χ2n) is 7.95. The molecule has 2 saturated carbocycles. The van der Waals surface area contributed by atoms with E-state index in [1.807, 2.05) is 23.9 Å². The Morgan fingerprint density at radius 3 is 2.89 bits per heavy atom. The Labute approximate surface area is 158 Å². The molecule has 2 aliphatic carbocycles. The second kappa shape index (κ2) is 6.98. The van der Waals surface area contributed by atoms with E-state index in [4.69, 9.17) is 4.74 Å². The highest BCUT2D eigenvalue weighted by Crippen LogP contribution is 2.38. The first kappa shape index (κ1) is 18.0. The standard InChI is InChI=1S/C19H26N4O4/c1-13-6-2-3-9-19(13)17(25)22(18(26)21-19)12-16(24)27-15-8-4-7-14(15)23-11-5-10-20-23/h5,10-11,13-15H,2-4,6-9,12H2,1H3,(H,21,26)/t13-,14-,15-,19-/m1/s1. The van der Waals surface area contributed by atoms with Gasteiger partial charge >= 0.3 is 12.0 Å². The van der Waals surface area contributed by atoms with Crippen molar-refractivity contribution in [2.24, 2.45) is 5.92 Å². The average Bonchev–Trinajstić information content (AvgIpc) is 3.35. The quantitative estimate of drug-likeness (QED) is 0.643. The van der Waals surface area contributed by atoms with E-state index in [-0.39, 0.29) is 30.5 Å². The van der Waals surface area contributed by atoms with Crippen LogP contribution in [-0.4, -0.2) is 50.8 Å². The molecule has 4 atom stereocenters. The van der Waals surface area contributed by atoms with Crippen molar-refractivity contribution >= 4 is 17.9 Å². The van der Waals surface area contributed by atoms with Gasteiger partial charge in [0, 0.05) is 12.4 Å². The molecule has 2 heterocycles. The summed E-state index contributed by atoms with van der Waals surface area (Å²) < 4.78 is 7.45. The molecular weight excluding hydrogens is 348 g/mol. The van der Waals surface area contributed by atoms with Crippen molar-refractivity contribution in [1.29, 1.82) is 0 Å². The van der Waals surface area contributed by atoms with Gasteiger partial charge in [0.05, 0.1) is 6.04 Å². The molecule has 4 rings (SSSR count). The number of carbonyl (C=O) groups is 3. The van der Waals surface area contributed by atoms with Gasteiger partial charge in [0.1, 0.15) is 18.2 Å². The van der Waals surface area contributed by atoms with Gasteiger partial charge in [-0.05, 0) is 44.1 Å². The number of ether oxygens (including phenoxy) is 1. The molecule has 3 fully saturated rings. The zero-order chi connectivity index (χ0) is 19.0. The van der Waals surface area contributed by atoms with Crippen molar-refractivity contribution in [3.63, 3.8) is 0 Å². The predicted octanol–water partition coefficient (Wildman–Crippen LogP) is 2.02. The first-order valence-corrected chi connectivity index (χ1v) is 9.84. The third-order valence-corrected chi connectivity index (χ3v) is 6.35. The van der Waals surface area contributed by atoms with Crippen LogP contribution in [0.5, 0.6) is 0 Å². The summed E-state index contributed by atoms with van der Waals surface area (Å²) in [5, 5.41) is 7.11. The molecule has 1 spiro atoms. The Morgan fingerprint density at radius 2 is 2.15 bits per heavy atom. The molecule has 1 N–H and O–H groups in total. The van der Waals surface area contributed by atoms with Gasteiger partial charge in [0.2, 0.25) is 0 Å². The lowest BCUT2D eigenvalue weighted by Gasteiger charge is -2.36. The van der Waals surface area contributed by atoms with Crippen LogP contribution in [0.1, 0.15) is 57.9 Å². The van der Waals surface area contributed by atoms with Crippen molar-refractivity contribution in [2.45, 2.75) is 69.6 Å². The predicted molar refractivity (Wildman–Crippen MR) is 95.6 cm³/mol. The smallest absolute Gasteiger partial charge is 0.326 e. The number of amides is 3. The van der Waals surface area contributed by atoms with Crippen molar-refractivity contribution < 1.29 is 19.1 Å². The second-order valence-corrected chi connectivity index (χ2v) is 7.95. The lowest BCUT2D eigenvalue weighted by molar-refractivity contribution is -0.154. The molecule has 0 unspecified atom stereocenters. The Hall–Kier alpha value is -2.38. The molecule has 1 aromatic heterocycles. The third kappa shape index (κ3) is 3.11. The molecule has 8 heteroatoms. The number of aromatic nitrogens is 2. The highest BCUT2D eigenvalue weighted by atomic mass is 16.5. The largest absolute Gasteiger partial charge is 0.459 e. The van der Waals surface area contributed by atoms with E-state index in [1.165, 1.54) is 0 Å². The van der Waals surface area contributed by atoms with Crippen LogP contribution in [0.2, 0.25) is 0 Å². The van der Waals surface area contributed by atoms with Gasteiger partial charge in [0.25, 0.3) is 5.91 Å². The fourth-order valence-electron chi connectivity index (χ4n) is 4.80. The van der Waals surface area contributed by atoms with Gasteiger partial charge in [-0.25, -0.2) is 4.79 Å². The van der Waals surface area contributed by atoms with Gasteiger partial charge in [-0.3, -0.25) is 19.2 Å². The molecule has 3 aliphatic rings. The van der Waals surface area contributed by atoms with Crippen molar-refractivity contribution in [3.05, 3.63) is 18.5 Å². The van der Waals surface area contributed by atoms with Gasteiger partial charge in [-0.2, -0.15) is 5.10 Å². The van der Waals surface area contributed by atoms with Crippen LogP contribution in [0, 0.1) is 5.92 Å². The first-order valence-electron chi connectivity index (χ1n) is 9.84. The van der Waals surface area contributed by atoms with Crippen LogP contribution in [-0.2, 0) is 14.3 Å². The molecule has 0 aromatic carbocycles. The van der Waals surface area contributed by atoms with Gasteiger partial charge < -0.3 is 10.1 Å². The summed E-state index contributed by atoms with van der Waals surface area (Å²) >= 11 is 0. The molecule has 146 valence electrons. The minimum absolute atomic E-state index is 0.0109. The Bertz CT molecular complexity index is 734. The number of esters is 1. The lowest BCUT2D eigenvalue weighted by atomic mass is 9.73.